The van der Waals surface area contributed by atoms with Crippen LogP contribution in [0.5, 0.6) is 5.75 Å². The summed E-state index contributed by atoms with van der Waals surface area (Å²) in [5, 5.41) is 47.3. The molecule has 11 N–H and O–H groups in total. The highest BCUT2D eigenvalue weighted by molar-refractivity contribution is 7.80. The van der Waals surface area contributed by atoms with Crippen LogP contribution in [0.15, 0.2) is 65.5 Å². The number of primary amides is 1. The third kappa shape index (κ3) is 16.8. The number of pyridine rings is 2. The van der Waals surface area contributed by atoms with E-state index in [0.29, 0.717) is 47.0 Å². The Morgan fingerprint density at radius 2 is 1.54 bits per heavy atom. The van der Waals surface area contributed by atoms with E-state index in [1.807, 2.05) is 49.1 Å². The number of carboxylic acids is 1. The fraction of sp³-hybridized carbons (Fsp3) is 0.531. The predicted octanol–water partition coefficient (Wildman–Crippen LogP) is 1.53. The van der Waals surface area contributed by atoms with E-state index in [1.165, 1.54) is 11.5 Å². The minimum absolute atomic E-state index is 0.0222. The number of carboxylic acid groups (broad SMARTS) is 1. The van der Waals surface area contributed by atoms with E-state index in [1.54, 1.807) is 65.0 Å². The number of fused-ring (bicyclic) bond motifs is 5. The number of likely N-dealkylation sites (tertiary alicyclic amines) is 1. The molecule has 4 aromatic rings. The van der Waals surface area contributed by atoms with Gasteiger partial charge >= 0.3 is 17.9 Å². The van der Waals surface area contributed by atoms with Crippen molar-refractivity contribution in [1.29, 1.82) is 0 Å². The average Bonchev–Trinajstić information content (AvgIpc) is 1.67. The van der Waals surface area contributed by atoms with Crippen molar-refractivity contribution in [2.75, 3.05) is 31.6 Å². The summed E-state index contributed by atoms with van der Waals surface area (Å²) >= 11 is 5.69. The van der Waals surface area contributed by atoms with Gasteiger partial charge < -0.3 is 81.2 Å². The van der Waals surface area contributed by atoms with Crippen molar-refractivity contribution >= 4 is 87.1 Å². The minimum Gasteiger partial charge on any atom is -0.480 e. The van der Waals surface area contributed by atoms with Gasteiger partial charge in [0.15, 0.2) is 0 Å². The number of hydrogen-bond donors (Lipinski definition) is 10. The number of aliphatic hydroxyl groups excluding tert-OH is 2. The topological polar surface area (TPSA) is 397 Å². The Bertz CT molecular complexity index is 3570. The van der Waals surface area contributed by atoms with Crippen molar-refractivity contribution in [3.8, 4) is 17.1 Å². The molecule has 4 aliphatic heterocycles. The number of carbonyl (C=O) groups excluding carboxylic acids is 8. The van der Waals surface area contributed by atoms with Gasteiger partial charge in [-0.15, -0.1) is 0 Å². The van der Waals surface area contributed by atoms with E-state index < -0.39 is 151 Å². The summed E-state index contributed by atoms with van der Waals surface area (Å²) in [6.45, 7) is 12.7. The SMILES string of the molecule is CCC1(OC(=O)[C@@H](NC(=O)[C@H](CC(N)=O)NC(=O)[C@H](CC(C)C)NC(=O)CNC(=O)[C@H](CC(C)C)NC(=O)[C@@H]2CCCN2CC(=S)Nc2ccc(O[C@@H]3O[C@H](C)[C@H](O)[C@H](OCC(=O)O)[C@@H]3O)cc2)C(C)C)C(=O)OCc2c1cc1n(c2=O)Cc2cc3ccccc3nc2-1. The largest absolute Gasteiger partial charge is 0.480 e. The number of benzene rings is 2. The van der Waals surface area contributed by atoms with Gasteiger partial charge in [-0.3, -0.25) is 38.5 Å². The summed E-state index contributed by atoms with van der Waals surface area (Å²) in [5.41, 5.74) is 6.14. The third-order valence-corrected chi connectivity index (χ3v) is 16.9. The molecule has 6 amide bonds. The Morgan fingerprint density at radius 1 is 0.860 bits per heavy atom. The Labute approximate surface area is 541 Å². The van der Waals surface area contributed by atoms with Crippen LogP contribution in [-0.2, 0) is 80.9 Å². The number of aliphatic carboxylic acids is 1. The number of hydrogen-bond acceptors (Lipinski definition) is 20. The van der Waals surface area contributed by atoms with E-state index in [4.69, 9.17) is 51.7 Å². The van der Waals surface area contributed by atoms with Gasteiger partial charge in [0.1, 0.15) is 61.4 Å². The lowest BCUT2D eigenvalue weighted by molar-refractivity contribution is -0.276. The number of thiocarbonyl (C=S) groups is 1. The molecule has 0 spiro atoms. The number of aliphatic hydroxyl groups is 2. The van der Waals surface area contributed by atoms with E-state index >= 15 is 0 Å². The number of anilines is 1. The minimum atomic E-state index is -2.14. The normalized spacial score (nSPS) is 22.1. The van der Waals surface area contributed by atoms with Gasteiger partial charge in [-0.25, -0.2) is 19.4 Å². The number of aromatic nitrogens is 2. The maximum atomic E-state index is 14.4. The van der Waals surface area contributed by atoms with Gasteiger partial charge in [0.2, 0.25) is 47.3 Å². The standard InChI is InChI=1S/C64H82N10O18S/c1-9-64(40-24-46-52-36(23-35-13-10-11-14-41(35)69-52)27-74(46)60(85)39(40)29-89-63(64)87)92-61(86)51(33(6)7)72-58(83)44(25-47(65)75)70-57(82)43(22-32(4)5)68-48(76)26-66-56(81)42(21-31(2)3)71-59(84)45-15-12-20-73(45)28-49(93)67-37-16-18-38(19-17-37)91-62-54(80)55(88-30-50(77)78)53(79)34(8)90-62/h10-11,13-14,16-19,23-24,31-34,42-45,51,53-55,62,79-80H,9,12,15,20-22,25-30H2,1-8H3,(H2,65,75)(H,66,81)(H,67,93)(H,68,76)(H,70,82)(H,71,84)(H,72,83)(H,77,78)/t34-,42+,43+,44+,45+,51+,53+,54+,55+,62+,64?/m1/s1. The molecule has 0 bridgehead atoms. The first-order chi connectivity index (χ1) is 44.1. The van der Waals surface area contributed by atoms with Crippen LogP contribution >= 0.6 is 12.2 Å². The molecule has 6 heterocycles. The number of esters is 2. The molecule has 2 saturated heterocycles. The molecule has 8 rings (SSSR count). The molecule has 0 saturated carbocycles. The summed E-state index contributed by atoms with van der Waals surface area (Å²) < 4.78 is 29.8. The Balaban J connectivity index is 0.857. The monoisotopic (exact) mass is 1310 g/mol. The van der Waals surface area contributed by atoms with Gasteiger partial charge in [-0.05, 0) is 106 Å². The van der Waals surface area contributed by atoms with Crippen LogP contribution in [0, 0.1) is 17.8 Å². The number of cyclic esters (lactones) is 1. The van der Waals surface area contributed by atoms with Crippen molar-refractivity contribution in [1.82, 2.24) is 41.0 Å². The molecular weight excluding hydrogens is 1230 g/mol. The maximum Gasteiger partial charge on any atom is 0.355 e. The predicted molar refractivity (Wildman–Crippen MR) is 338 cm³/mol. The lowest BCUT2D eigenvalue weighted by atomic mass is 9.85. The maximum absolute atomic E-state index is 14.4. The van der Waals surface area contributed by atoms with Crippen molar-refractivity contribution in [3.05, 3.63) is 87.7 Å². The summed E-state index contributed by atoms with van der Waals surface area (Å²) in [4.78, 5) is 143. The quantitative estimate of drug-likeness (QED) is 0.0251. The van der Waals surface area contributed by atoms with Crippen LogP contribution in [0.3, 0.4) is 0 Å². The highest BCUT2D eigenvalue weighted by atomic mass is 32.1. The molecule has 1 unspecified atom stereocenters. The summed E-state index contributed by atoms with van der Waals surface area (Å²) in [6.07, 6.45) is -5.83. The number of amides is 6. The zero-order valence-corrected chi connectivity index (χ0v) is 53.9. The van der Waals surface area contributed by atoms with Crippen molar-refractivity contribution < 1.29 is 82.2 Å². The highest BCUT2D eigenvalue weighted by Gasteiger charge is 2.52. The number of nitrogens with zero attached hydrogens (tertiary/aromatic N) is 3. The molecule has 29 heteroatoms. The molecular formula is C64H82N10O18S. The average molecular weight is 1310 g/mol. The highest BCUT2D eigenvalue weighted by Crippen LogP contribution is 2.41. The van der Waals surface area contributed by atoms with E-state index in [9.17, 15) is 58.2 Å². The molecule has 11 atom stereocenters. The third-order valence-electron chi connectivity index (χ3n) is 16.6. The van der Waals surface area contributed by atoms with Crippen LogP contribution in [0.1, 0.15) is 111 Å². The molecule has 4 aliphatic rings. The Kier molecular flexibility index (Phi) is 23.1. The fourth-order valence-electron chi connectivity index (χ4n) is 11.9. The second kappa shape index (κ2) is 30.5. The van der Waals surface area contributed by atoms with Crippen molar-refractivity contribution in [2.45, 2.75) is 174 Å². The van der Waals surface area contributed by atoms with Crippen LogP contribution in [-0.4, -0.2) is 175 Å². The summed E-state index contributed by atoms with van der Waals surface area (Å²) in [5.74, 6) is -8.94. The molecule has 2 fully saturated rings. The fourth-order valence-corrected chi connectivity index (χ4v) is 12.2. The summed E-state index contributed by atoms with van der Waals surface area (Å²) in [7, 11) is 0. The van der Waals surface area contributed by atoms with Gasteiger partial charge in [0, 0.05) is 28.7 Å². The number of ether oxygens (including phenoxy) is 5. The zero-order valence-electron chi connectivity index (χ0n) is 53.1. The van der Waals surface area contributed by atoms with Gasteiger partial charge in [0.25, 0.3) is 5.56 Å². The molecule has 2 aromatic heterocycles. The first-order valence-corrected chi connectivity index (χ1v) is 31.5. The molecule has 2 aromatic carbocycles. The molecule has 502 valence electrons. The zero-order chi connectivity index (χ0) is 67.7. The number of rotatable bonds is 28. The second-order valence-electron chi connectivity index (χ2n) is 25.0. The number of para-hydroxylation sites is 1. The van der Waals surface area contributed by atoms with Crippen molar-refractivity contribution in [3.63, 3.8) is 0 Å². The van der Waals surface area contributed by atoms with E-state index in [2.05, 4.69) is 31.9 Å². The second-order valence-corrected chi connectivity index (χ2v) is 25.5. The lowest BCUT2D eigenvalue weighted by Crippen LogP contribution is -2.59. The van der Waals surface area contributed by atoms with Crippen LogP contribution < -0.4 is 47.9 Å². The van der Waals surface area contributed by atoms with Gasteiger partial charge in [-0.1, -0.05) is 78.9 Å². The van der Waals surface area contributed by atoms with Crippen LogP contribution in [0.2, 0.25) is 0 Å². The first kappa shape index (κ1) is 70.4. The first-order valence-electron chi connectivity index (χ1n) is 31.1. The number of carbonyl (C=O) groups is 9. The number of nitrogens with one attached hydrogen (secondary N) is 6. The number of nitrogens with two attached hydrogens (primary N) is 1. The summed E-state index contributed by atoms with van der Waals surface area (Å²) in [6, 6.07) is 11.2. The van der Waals surface area contributed by atoms with Gasteiger partial charge in [0.05, 0.1) is 59.1 Å². The van der Waals surface area contributed by atoms with Gasteiger partial charge in [-0.2, -0.15) is 0 Å². The smallest absolute Gasteiger partial charge is 0.355 e. The molecule has 28 nitrogen and oxygen atoms in total. The lowest BCUT2D eigenvalue weighted by Gasteiger charge is -2.40. The van der Waals surface area contributed by atoms with Crippen molar-refractivity contribution in [2.24, 2.45) is 23.5 Å². The van der Waals surface area contributed by atoms with Crippen LogP contribution in [0.25, 0.3) is 22.3 Å². The molecule has 0 radical (unpaired) electrons. The van der Waals surface area contributed by atoms with E-state index in [0.717, 1.165) is 10.9 Å². The van der Waals surface area contributed by atoms with E-state index in [-0.39, 0.29) is 67.7 Å². The Morgan fingerprint density at radius 3 is 2.19 bits per heavy atom. The van der Waals surface area contributed by atoms with Crippen LogP contribution in [0.4, 0.5) is 5.69 Å². The molecule has 93 heavy (non-hydrogen) atoms. The molecule has 0 aliphatic carbocycles. The Hall–Kier alpha value is -8.48.